The minimum absolute atomic E-state index is 0.184. The summed E-state index contributed by atoms with van der Waals surface area (Å²) in [5.74, 6) is -0.00974. The maximum atomic E-state index is 11.2. The number of carbonyl (C=O) groups excluding carboxylic acids is 1. The average Bonchev–Trinajstić information content (AvgIpc) is 2.13. The third-order valence-electron chi connectivity index (χ3n) is 1.88. The van der Waals surface area contributed by atoms with Crippen molar-refractivity contribution in [3.8, 4) is 5.75 Å². The van der Waals surface area contributed by atoms with Gasteiger partial charge in [0.1, 0.15) is 5.75 Å². The van der Waals surface area contributed by atoms with Gasteiger partial charge in [-0.2, -0.15) is 0 Å². The van der Waals surface area contributed by atoms with Gasteiger partial charge in [0, 0.05) is 11.3 Å². The molecule has 0 aromatic heterocycles. The second-order valence-electron chi connectivity index (χ2n) is 2.94. The molecule has 0 radical (unpaired) electrons. The SMILES string of the molecule is C/C=C/C(=O)Nc1cccc(O)c1C. The van der Waals surface area contributed by atoms with Gasteiger partial charge in [-0.1, -0.05) is 12.1 Å². The van der Waals surface area contributed by atoms with E-state index < -0.39 is 0 Å². The Balaban J connectivity index is 2.87. The molecule has 0 aliphatic heterocycles. The van der Waals surface area contributed by atoms with Gasteiger partial charge >= 0.3 is 0 Å². The number of carbonyl (C=O) groups is 1. The number of nitrogens with one attached hydrogen (secondary N) is 1. The zero-order chi connectivity index (χ0) is 10.6. The van der Waals surface area contributed by atoms with Gasteiger partial charge < -0.3 is 10.4 Å². The van der Waals surface area contributed by atoms with Crippen molar-refractivity contribution in [1.82, 2.24) is 0 Å². The molecule has 2 N–H and O–H groups in total. The quantitative estimate of drug-likeness (QED) is 0.704. The van der Waals surface area contributed by atoms with E-state index in [0.29, 0.717) is 11.3 Å². The molecule has 0 atom stereocenters. The molecule has 0 bridgehead atoms. The Hall–Kier alpha value is -1.77. The second-order valence-corrected chi connectivity index (χ2v) is 2.94. The Morgan fingerprint density at radius 1 is 1.50 bits per heavy atom. The predicted octanol–water partition coefficient (Wildman–Crippen LogP) is 2.22. The van der Waals surface area contributed by atoms with Gasteiger partial charge in [-0.3, -0.25) is 4.79 Å². The molecule has 0 spiro atoms. The monoisotopic (exact) mass is 191 g/mol. The second kappa shape index (κ2) is 4.46. The van der Waals surface area contributed by atoms with Gasteiger partial charge in [0.2, 0.25) is 5.91 Å². The maximum absolute atomic E-state index is 11.2. The molecule has 1 rings (SSSR count). The van der Waals surface area contributed by atoms with Crippen LogP contribution in [0.3, 0.4) is 0 Å². The summed E-state index contributed by atoms with van der Waals surface area (Å²) < 4.78 is 0. The van der Waals surface area contributed by atoms with Crippen LogP contribution >= 0.6 is 0 Å². The van der Waals surface area contributed by atoms with Crippen molar-refractivity contribution in [3.63, 3.8) is 0 Å². The fourth-order valence-corrected chi connectivity index (χ4v) is 1.08. The number of rotatable bonds is 2. The number of aromatic hydroxyl groups is 1. The van der Waals surface area contributed by atoms with E-state index in [1.165, 1.54) is 6.08 Å². The van der Waals surface area contributed by atoms with Gasteiger partial charge in [0.25, 0.3) is 0 Å². The van der Waals surface area contributed by atoms with Crippen molar-refractivity contribution in [3.05, 3.63) is 35.9 Å². The zero-order valence-electron chi connectivity index (χ0n) is 8.24. The summed E-state index contributed by atoms with van der Waals surface area (Å²) in [5.41, 5.74) is 1.30. The smallest absolute Gasteiger partial charge is 0.248 e. The lowest BCUT2D eigenvalue weighted by Gasteiger charge is -2.07. The van der Waals surface area contributed by atoms with E-state index in [4.69, 9.17) is 0 Å². The summed E-state index contributed by atoms with van der Waals surface area (Å²) in [5, 5.41) is 12.0. The molecule has 0 aliphatic rings. The van der Waals surface area contributed by atoms with E-state index in [1.807, 2.05) is 0 Å². The highest BCUT2D eigenvalue weighted by molar-refractivity contribution is 5.99. The van der Waals surface area contributed by atoms with Crippen LogP contribution in [0.2, 0.25) is 0 Å². The summed E-state index contributed by atoms with van der Waals surface area (Å²) in [6.45, 7) is 3.52. The molecular weight excluding hydrogens is 178 g/mol. The first-order valence-corrected chi connectivity index (χ1v) is 4.37. The Morgan fingerprint density at radius 2 is 2.21 bits per heavy atom. The molecule has 74 valence electrons. The highest BCUT2D eigenvalue weighted by Gasteiger charge is 2.03. The summed E-state index contributed by atoms with van der Waals surface area (Å²) >= 11 is 0. The van der Waals surface area contributed by atoms with Crippen molar-refractivity contribution < 1.29 is 9.90 Å². The first-order valence-electron chi connectivity index (χ1n) is 4.37. The lowest BCUT2D eigenvalue weighted by molar-refractivity contribution is -0.111. The largest absolute Gasteiger partial charge is 0.508 e. The van der Waals surface area contributed by atoms with Crippen LogP contribution in [0.15, 0.2) is 30.4 Å². The number of allylic oxidation sites excluding steroid dienone is 1. The average molecular weight is 191 g/mol. The Morgan fingerprint density at radius 3 is 2.86 bits per heavy atom. The van der Waals surface area contributed by atoms with Crippen LogP contribution in [0, 0.1) is 6.92 Å². The predicted molar refractivity (Wildman–Crippen MR) is 56.3 cm³/mol. The molecule has 0 fully saturated rings. The standard InChI is InChI=1S/C11H13NO2/c1-3-5-11(14)12-9-6-4-7-10(13)8(9)2/h3-7,13H,1-2H3,(H,12,14)/b5-3+. The highest BCUT2D eigenvalue weighted by Crippen LogP contribution is 2.23. The third kappa shape index (κ3) is 2.36. The van der Waals surface area contributed by atoms with Gasteiger partial charge in [-0.25, -0.2) is 0 Å². The molecule has 0 unspecified atom stereocenters. The zero-order valence-corrected chi connectivity index (χ0v) is 8.24. The fourth-order valence-electron chi connectivity index (χ4n) is 1.08. The fraction of sp³-hybridized carbons (Fsp3) is 0.182. The van der Waals surface area contributed by atoms with Gasteiger partial charge in [-0.15, -0.1) is 0 Å². The number of anilines is 1. The minimum atomic E-state index is -0.193. The van der Waals surface area contributed by atoms with Crippen molar-refractivity contribution >= 4 is 11.6 Å². The lowest BCUT2D eigenvalue weighted by atomic mass is 10.2. The van der Waals surface area contributed by atoms with Crippen LogP contribution in [0.4, 0.5) is 5.69 Å². The van der Waals surface area contributed by atoms with E-state index in [0.717, 1.165) is 0 Å². The molecule has 3 nitrogen and oxygen atoms in total. The van der Waals surface area contributed by atoms with Crippen molar-refractivity contribution in [2.75, 3.05) is 5.32 Å². The number of hydrogen-bond donors (Lipinski definition) is 2. The molecule has 0 saturated carbocycles. The third-order valence-corrected chi connectivity index (χ3v) is 1.88. The van der Waals surface area contributed by atoms with E-state index in [2.05, 4.69) is 5.32 Å². The first-order chi connectivity index (χ1) is 6.65. The first kappa shape index (κ1) is 10.3. The normalized spacial score (nSPS) is 10.4. The minimum Gasteiger partial charge on any atom is -0.508 e. The van der Waals surface area contributed by atoms with Crippen molar-refractivity contribution in [2.45, 2.75) is 13.8 Å². The summed E-state index contributed by atoms with van der Waals surface area (Å²) in [4.78, 5) is 11.2. The van der Waals surface area contributed by atoms with Gasteiger partial charge in [0.15, 0.2) is 0 Å². The molecule has 0 heterocycles. The Bertz CT molecular complexity index is 370. The van der Waals surface area contributed by atoms with E-state index in [9.17, 15) is 9.90 Å². The topological polar surface area (TPSA) is 49.3 Å². The van der Waals surface area contributed by atoms with Crippen LogP contribution in [-0.2, 0) is 4.79 Å². The highest BCUT2D eigenvalue weighted by atomic mass is 16.3. The number of hydrogen-bond acceptors (Lipinski definition) is 2. The summed E-state index contributed by atoms with van der Waals surface area (Å²) in [6.07, 6.45) is 3.09. The maximum Gasteiger partial charge on any atom is 0.248 e. The molecule has 0 saturated heterocycles. The molecule has 3 heteroatoms. The van der Waals surface area contributed by atoms with E-state index in [1.54, 1.807) is 38.1 Å². The van der Waals surface area contributed by atoms with E-state index >= 15 is 0 Å². The number of benzene rings is 1. The molecular formula is C11H13NO2. The van der Waals surface area contributed by atoms with Crippen molar-refractivity contribution in [2.24, 2.45) is 0 Å². The number of amides is 1. The lowest BCUT2D eigenvalue weighted by Crippen LogP contribution is -2.08. The van der Waals surface area contributed by atoms with Gasteiger partial charge in [-0.05, 0) is 32.1 Å². The van der Waals surface area contributed by atoms with Crippen LogP contribution < -0.4 is 5.32 Å². The summed E-state index contributed by atoms with van der Waals surface area (Å²) in [7, 11) is 0. The number of phenolic OH excluding ortho intramolecular Hbond substituents is 1. The Kier molecular flexibility index (Phi) is 3.29. The Labute approximate surface area is 83.1 Å². The molecule has 14 heavy (non-hydrogen) atoms. The van der Waals surface area contributed by atoms with Crippen LogP contribution in [-0.4, -0.2) is 11.0 Å². The van der Waals surface area contributed by atoms with Gasteiger partial charge in [0.05, 0.1) is 0 Å². The molecule has 0 aliphatic carbocycles. The molecule has 1 aromatic carbocycles. The number of phenols is 1. The molecule has 1 amide bonds. The van der Waals surface area contributed by atoms with Crippen molar-refractivity contribution in [1.29, 1.82) is 0 Å². The summed E-state index contributed by atoms with van der Waals surface area (Å²) in [6, 6.07) is 5.02. The van der Waals surface area contributed by atoms with Crippen LogP contribution in [0.5, 0.6) is 5.75 Å². The van der Waals surface area contributed by atoms with Crippen LogP contribution in [0.1, 0.15) is 12.5 Å². The van der Waals surface area contributed by atoms with E-state index in [-0.39, 0.29) is 11.7 Å². The molecule has 1 aromatic rings. The van der Waals surface area contributed by atoms with Crippen LogP contribution in [0.25, 0.3) is 0 Å².